The molecule has 2 N–H and O–H groups in total. The normalized spacial score (nSPS) is 11.4. The third-order valence-corrected chi connectivity index (χ3v) is 2.91. The number of carbonyl (C=O) groups is 1. The zero-order valence-electron chi connectivity index (χ0n) is 11.3. The van der Waals surface area contributed by atoms with Crippen LogP contribution in [0.15, 0.2) is 30.5 Å². The Kier molecular flexibility index (Phi) is 4.30. The Hall–Kier alpha value is -2.31. The number of aryl methyl sites for hydroxylation is 1. The maximum Gasteiger partial charge on any atom is 0.416 e. The van der Waals surface area contributed by atoms with Crippen LogP contribution in [0.1, 0.15) is 27.4 Å². The van der Waals surface area contributed by atoms with Crippen molar-refractivity contribution >= 4 is 5.91 Å². The lowest BCUT2D eigenvalue weighted by atomic mass is 10.1. The van der Waals surface area contributed by atoms with Crippen molar-refractivity contribution in [1.29, 1.82) is 0 Å². The second-order valence-corrected chi connectivity index (χ2v) is 4.57. The highest BCUT2D eigenvalue weighted by Crippen LogP contribution is 2.28. The fourth-order valence-electron chi connectivity index (χ4n) is 1.82. The number of alkyl halides is 3. The predicted molar refractivity (Wildman–Crippen MR) is 70.8 cm³/mol. The number of carbonyl (C=O) groups excluding carboxylic acids is 1. The van der Waals surface area contributed by atoms with Crippen LogP contribution in [-0.4, -0.2) is 22.4 Å². The lowest BCUT2D eigenvalue weighted by Gasteiger charge is -2.08. The molecule has 0 saturated heterocycles. The molecule has 21 heavy (non-hydrogen) atoms. The minimum atomic E-state index is -4.40. The summed E-state index contributed by atoms with van der Waals surface area (Å²) in [7, 11) is 0. The highest BCUT2D eigenvalue weighted by Gasteiger charge is 2.30. The molecule has 7 heteroatoms. The molecule has 1 aromatic carbocycles. The van der Waals surface area contributed by atoms with Gasteiger partial charge < -0.3 is 10.3 Å². The molecule has 2 rings (SSSR count). The molecule has 1 heterocycles. The van der Waals surface area contributed by atoms with E-state index in [2.05, 4.69) is 15.3 Å². The summed E-state index contributed by atoms with van der Waals surface area (Å²) in [5.41, 5.74) is 0.316. The summed E-state index contributed by atoms with van der Waals surface area (Å²) in [6.07, 6.45) is -2.14. The number of rotatable bonds is 4. The Morgan fingerprint density at radius 3 is 2.48 bits per heavy atom. The molecule has 1 aromatic heterocycles. The molecule has 0 aliphatic rings. The number of halogens is 3. The van der Waals surface area contributed by atoms with Gasteiger partial charge in [0.05, 0.1) is 5.56 Å². The van der Waals surface area contributed by atoms with E-state index in [4.69, 9.17) is 0 Å². The first-order valence-corrected chi connectivity index (χ1v) is 6.32. The van der Waals surface area contributed by atoms with Crippen molar-refractivity contribution in [2.45, 2.75) is 19.5 Å². The van der Waals surface area contributed by atoms with Crippen LogP contribution in [0.5, 0.6) is 0 Å². The lowest BCUT2D eigenvalue weighted by Crippen LogP contribution is -2.25. The van der Waals surface area contributed by atoms with Crippen LogP contribution >= 0.6 is 0 Å². The summed E-state index contributed by atoms with van der Waals surface area (Å²) in [5.74, 6) is 0.388. The summed E-state index contributed by atoms with van der Waals surface area (Å²) in [6.45, 7) is 2.20. The van der Waals surface area contributed by atoms with E-state index >= 15 is 0 Å². The fraction of sp³-hybridized carbons (Fsp3) is 0.286. The van der Waals surface area contributed by atoms with Gasteiger partial charge >= 0.3 is 6.18 Å². The number of hydrogen-bond acceptors (Lipinski definition) is 2. The molecule has 2 aromatic rings. The molecule has 1 amide bonds. The van der Waals surface area contributed by atoms with Crippen molar-refractivity contribution in [3.8, 4) is 0 Å². The topological polar surface area (TPSA) is 57.8 Å². The first-order valence-electron chi connectivity index (χ1n) is 6.32. The number of aromatic nitrogens is 2. The minimum Gasteiger partial charge on any atom is -0.352 e. The Morgan fingerprint density at radius 2 is 1.95 bits per heavy atom. The van der Waals surface area contributed by atoms with Crippen molar-refractivity contribution in [1.82, 2.24) is 15.3 Å². The summed E-state index contributed by atoms with van der Waals surface area (Å²) >= 11 is 0. The highest BCUT2D eigenvalue weighted by atomic mass is 19.4. The molecule has 0 spiro atoms. The SMILES string of the molecule is Cc1ncc(CCNC(=O)c2ccc(C(F)(F)F)cc2)[nH]1. The van der Waals surface area contributed by atoms with Crippen LogP contribution in [0.25, 0.3) is 0 Å². The number of hydrogen-bond donors (Lipinski definition) is 2. The molecular formula is C14H14F3N3O. The average Bonchev–Trinajstić information content (AvgIpc) is 2.83. The number of H-pyrrole nitrogens is 1. The summed E-state index contributed by atoms with van der Waals surface area (Å²) in [4.78, 5) is 18.8. The van der Waals surface area contributed by atoms with Crippen LogP contribution in [0.2, 0.25) is 0 Å². The van der Waals surface area contributed by atoms with Gasteiger partial charge in [0.1, 0.15) is 5.82 Å². The Balaban J connectivity index is 1.88. The highest BCUT2D eigenvalue weighted by molar-refractivity contribution is 5.94. The van der Waals surface area contributed by atoms with Gasteiger partial charge in [-0.05, 0) is 31.2 Å². The number of benzene rings is 1. The zero-order valence-corrected chi connectivity index (χ0v) is 11.3. The number of imidazole rings is 1. The van der Waals surface area contributed by atoms with Crippen molar-refractivity contribution < 1.29 is 18.0 Å². The van der Waals surface area contributed by atoms with E-state index in [9.17, 15) is 18.0 Å². The first-order chi connectivity index (χ1) is 9.86. The van der Waals surface area contributed by atoms with E-state index in [-0.39, 0.29) is 5.56 Å². The molecular weight excluding hydrogens is 283 g/mol. The van der Waals surface area contributed by atoms with Crippen LogP contribution in [-0.2, 0) is 12.6 Å². The maximum absolute atomic E-state index is 12.4. The molecule has 0 unspecified atom stereocenters. The van der Waals surface area contributed by atoms with Crippen LogP contribution in [0.4, 0.5) is 13.2 Å². The third-order valence-electron chi connectivity index (χ3n) is 2.91. The molecule has 0 bridgehead atoms. The van der Waals surface area contributed by atoms with E-state index in [1.54, 1.807) is 6.20 Å². The summed E-state index contributed by atoms with van der Waals surface area (Å²) in [5, 5.41) is 2.65. The van der Waals surface area contributed by atoms with E-state index in [1.165, 1.54) is 12.1 Å². The Morgan fingerprint density at radius 1 is 1.29 bits per heavy atom. The standard InChI is InChI=1S/C14H14F3N3O/c1-9-19-8-12(20-9)6-7-18-13(21)10-2-4-11(5-3-10)14(15,16)17/h2-5,8H,6-7H2,1H3,(H,18,21)(H,19,20). The van der Waals surface area contributed by atoms with Gasteiger partial charge in [0, 0.05) is 30.4 Å². The second kappa shape index (κ2) is 5.99. The Bertz CT molecular complexity index is 617. The van der Waals surface area contributed by atoms with Gasteiger partial charge in [0.2, 0.25) is 0 Å². The van der Waals surface area contributed by atoms with E-state index < -0.39 is 17.6 Å². The lowest BCUT2D eigenvalue weighted by molar-refractivity contribution is -0.137. The van der Waals surface area contributed by atoms with Gasteiger partial charge in [-0.15, -0.1) is 0 Å². The van der Waals surface area contributed by atoms with Gasteiger partial charge in [0.25, 0.3) is 5.91 Å². The molecule has 0 radical (unpaired) electrons. The molecule has 4 nitrogen and oxygen atoms in total. The third kappa shape index (κ3) is 4.08. The first kappa shape index (κ1) is 15.1. The number of aromatic amines is 1. The van der Waals surface area contributed by atoms with Crippen LogP contribution in [0, 0.1) is 6.92 Å². The molecule has 0 saturated carbocycles. The quantitative estimate of drug-likeness (QED) is 0.911. The van der Waals surface area contributed by atoms with Crippen molar-refractivity contribution in [2.24, 2.45) is 0 Å². The number of nitrogens with zero attached hydrogens (tertiary/aromatic N) is 1. The molecule has 0 aliphatic carbocycles. The Labute approximate surface area is 119 Å². The van der Waals surface area contributed by atoms with Crippen molar-refractivity contribution in [3.05, 3.63) is 53.1 Å². The maximum atomic E-state index is 12.4. The van der Waals surface area contributed by atoms with Crippen LogP contribution < -0.4 is 5.32 Å². The van der Waals surface area contributed by atoms with E-state index in [0.29, 0.717) is 13.0 Å². The molecule has 0 fully saturated rings. The van der Waals surface area contributed by atoms with Gasteiger partial charge in [-0.25, -0.2) is 4.98 Å². The van der Waals surface area contributed by atoms with E-state index in [0.717, 1.165) is 23.7 Å². The van der Waals surface area contributed by atoms with Crippen molar-refractivity contribution in [2.75, 3.05) is 6.54 Å². The summed E-state index contributed by atoms with van der Waals surface area (Å²) in [6, 6.07) is 4.12. The monoisotopic (exact) mass is 297 g/mol. The van der Waals surface area contributed by atoms with E-state index in [1.807, 2.05) is 6.92 Å². The molecule has 0 atom stereocenters. The average molecular weight is 297 g/mol. The molecule has 112 valence electrons. The van der Waals surface area contributed by atoms with Gasteiger partial charge in [-0.2, -0.15) is 13.2 Å². The zero-order chi connectivity index (χ0) is 15.5. The smallest absolute Gasteiger partial charge is 0.352 e. The fourth-order valence-corrected chi connectivity index (χ4v) is 1.82. The van der Waals surface area contributed by atoms with Gasteiger partial charge in [0.15, 0.2) is 0 Å². The number of amides is 1. The summed E-state index contributed by atoms with van der Waals surface area (Å²) < 4.78 is 37.2. The predicted octanol–water partition coefficient (Wildman–Crippen LogP) is 2.71. The second-order valence-electron chi connectivity index (χ2n) is 4.57. The van der Waals surface area contributed by atoms with Gasteiger partial charge in [-0.3, -0.25) is 4.79 Å². The number of nitrogens with one attached hydrogen (secondary N) is 2. The van der Waals surface area contributed by atoms with Crippen molar-refractivity contribution in [3.63, 3.8) is 0 Å². The largest absolute Gasteiger partial charge is 0.416 e. The van der Waals surface area contributed by atoms with Crippen LogP contribution in [0.3, 0.4) is 0 Å². The molecule has 0 aliphatic heterocycles. The van der Waals surface area contributed by atoms with Gasteiger partial charge in [-0.1, -0.05) is 0 Å². The minimum absolute atomic E-state index is 0.198.